The number of aliphatic hydroxyl groups is 1. The largest absolute Gasteiger partial charge is 0.511 e. The van der Waals surface area contributed by atoms with Crippen molar-refractivity contribution in [1.82, 2.24) is 0 Å². The van der Waals surface area contributed by atoms with Crippen LogP contribution in [-0.4, -0.2) is 16.7 Å². The smallest absolute Gasteiger partial charge is 0.170 e. The number of allylic oxidation sites excluding steroid dienone is 2. The molecule has 0 aromatic heterocycles. The van der Waals surface area contributed by atoms with Gasteiger partial charge in [0.05, 0.1) is 5.57 Å². The fourth-order valence-electron chi connectivity index (χ4n) is 2.26. The maximum atomic E-state index is 11.8. The second-order valence-electron chi connectivity index (χ2n) is 4.46. The fraction of sp³-hybridized carbons (Fsp3) is 0.286. The highest BCUT2D eigenvalue weighted by Crippen LogP contribution is 2.34. The minimum Gasteiger partial charge on any atom is -0.511 e. The van der Waals surface area contributed by atoms with Gasteiger partial charge in [0.1, 0.15) is 5.76 Å². The number of carbonyl (C=O) groups excluding carboxylic acids is 2. The van der Waals surface area contributed by atoms with E-state index in [2.05, 4.69) is 0 Å². The van der Waals surface area contributed by atoms with Gasteiger partial charge in [-0.3, -0.25) is 9.59 Å². The summed E-state index contributed by atoms with van der Waals surface area (Å²) < 4.78 is 0. The van der Waals surface area contributed by atoms with Gasteiger partial charge in [0.25, 0.3) is 0 Å². The summed E-state index contributed by atoms with van der Waals surface area (Å²) in [5, 5.41) is 10.4. The Morgan fingerprint density at radius 2 is 1.89 bits per heavy atom. The first-order chi connectivity index (χ1) is 8.49. The molecule has 2 rings (SSSR count). The van der Waals surface area contributed by atoms with Crippen LogP contribution in [-0.2, 0) is 9.59 Å². The molecule has 4 heteroatoms. The highest BCUT2D eigenvalue weighted by atomic mass is 35.5. The Hall–Kier alpha value is -1.61. The van der Waals surface area contributed by atoms with Crippen LogP contribution in [0.4, 0.5) is 0 Å². The van der Waals surface area contributed by atoms with Crippen molar-refractivity contribution in [2.45, 2.75) is 25.7 Å². The van der Waals surface area contributed by atoms with Gasteiger partial charge >= 0.3 is 0 Å². The van der Waals surface area contributed by atoms with Crippen LogP contribution in [0.2, 0.25) is 5.02 Å². The summed E-state index contributed by atoms with van der Waals surface area (Å²) in [6.07, 6.45) is 0.572. The molecule has 1 aromatic rings. The third kappa shape index (κ3) is 2.46. The topological polar surface area (TPSA) is 54.4 Å². The lowest BCUT2D eigenvalue weighted by atomic mass is 9.82. The van der Waals surface area contributed by atoms with Gasteiger partial charge in [0, 0.05) is 17.9 Å². The van der Waals surface area contributed by atoms with Crippen LogP contribution < -0.4 is 0 Å². The van der Waals surface area contributed by atoms with E-state index in [4.69, 9.17) is 11.6 Å². The van der Waals surface area contributed by atoms with E-state index >= 15 is 0 Å². The maximum absolute atomic E-state index is 11.8. The zero-order valence-corrected chi connectivity index (χ0v) is 10.7. The number of hydrogen-bond acceptors (Lipinski definition) is 3. The fourth-order valence-corrected chi connectivity index (χ4v) is 2.39. The van der Waals surface area contributed by atoms with E-state index in [0.717, 1.165) is 5.56 Å². The normalized spacial score (nSPS) is 20.1. The van der Waals surface area contributed by atoms with E-state index in [-0.39, 0.29) is 35.2 Å². The molecule has 0 heterocycles. The number of Topliss-reactive ketones (excluding diaryl/α,β-unsaturated/α-hetero) is 2. The second-order valence-corrected chi connectivity index (χ2v) is 4.89. The first-order valence-electron chi connectivity index (χ1n) is 5.70. The summed E-state index contributed by atoms with van der Waals surface area (Å²) in [5.74, 6) is -0.838. The van der Waals surface area contributed by atoms with Crippen LogP contribution in [0.25, 0.3) is 0 Å². The van der Waals surface area contributed by atoms with Crippen LogP contribution in [0, 0.1) is 0 Å². The van der Waals surface area contributed by atoms with Gasteiger partial charge in [-0.05, 0) is 30.5 Å². The molecule has 1 aromatic carbocycles. The third-order valence-corrected chi connectivity index (χ3v) is 3.38. The lowest BCUT2D eigenvalue weighted by molar-refractivity contribution is -0.121. The molecule has 0 fully saturated rings. The Kier molecular flexibility index (Phi) is 3.53. The Labute approximate surface area is 110 Å². The number of halogens is 1. The van der Waals surface area contributed by atoms with Crippen molar-refractivity contribution in [2.75, 3.05) is 0 Å². The van der Waals surface area contributed by atoms with Gasteiger partial charge in [-0.2, -0.15) is 0 Å². The van der Waals surface area contributed by atoms with E-state index < -0.39 is 0 Å². The minimum absolute atomic E-state index is 0.0415. The number of ketones is 2. The summed E-state index contributed by atoms with van der Waals surface area (Å²) in [5.41, 5.74) is 0.905. The maximum Gasteiger partial charge on any atom is 0.170 e. The molecule has 3 nitrogen and oxygen atoms in total. The predicted molar refractivity (Wildman–Crippen MR) is 68.8 cm³/mol. The molecule has 0 saturated heterocycles. The van der Waals surface area contributed by atoms with Crippen molar-refractivity contribution >= 4 is 23.2 Å². The summed E-state index contributed by atoms with van der Waals surface area (Å²) in [6.45, 7) is 1.30. The number of rotatable bonds is 2. The first-order valence-corrected chi connectivity index (χ1v) is 6.08. The average Bonchev–Trinajstić information content (AvgIpc) is 2.28. The van der Waals surface area contributed by atoms with E-state index in [1.807, 2.05) is 12.1 Å². The molecule has 1 atom stereocenters. The van der Waals surface area contributed by atoms with Crippen molar-refractivity contribution in [1.29, 1.82) is 0 Å². The third-order valence-electron chi connectivity index (χ3n) is 3.13. The van der Waals surface area contributed by atoms with Crippen LogP contribution in [0.5, 0.6) is 0 Å². The number of benzene rings is 1. The zero-order valence-electron chi connectivity index (χ0n) is 9.94. The Bertz CT molecular complexity index is 528. The van der Waals surface area contributed by atoms with E-state index in [9.17, 15) is 14.7 Å². The second kappa shape index (κ2) is 4.94. The molecule has 1 aliphatic carbocycles. The molecule has 1 unspecified atom stereocenters. The van der Waals surface area contributed by atoms with Gasteiger partial charge in [0.2, 0.25) is 0 Å². The first kappa shape index (κ1) is 12.8. The molecule has 0 spiro atoms. The highest BCUT2D eigenvalue weighted by molar-refractivity contribution is 6.30. The Balaban J connectivity index is 2.29. The number of aliphatic hydroxyl groups excluding tert-OH is 1. The molecule has 1 aliphatic rings. The van der Waals surface area contributed by atoms with E-state index in [1.165, 1.54) is 6.92 Å². The van der Waals surface area contributed by atoms with Crippen molar-refractivity contribution in [2.24, 2.45) is 0 Å². The van der Waals surface area contributed by atoms with Crippen LogP contribution in [0.15, 0.2) is 35.6 Å². The van der Waals surface area contributed by atoms with Crippen molar-refractivity contribution in [3.05, 3.63) is 46.2 Å². The van der Waals surface area contributed by atoms with E-state index in [0.29, 0.717) is 11.4 Å². The molecule has 0 bridgehead atoms. The predicted octanol–water partition coefficient (Wildman–Crippen LogP) is 3.19. The van der Waals surface area contributed by atoms with Crippen molar-refractivity contribution in [3.63, 3.8) is 0 Å². The van der Waals surface area contributed by atoms with Gasteiger partial charge in [-0.25, -0.2) is 0 Å². The van der Waals surface area contributed by atoms with Crippen LogP contribution >= 0.6 is 11.6 Å². The standard InChI is InChI=1S/C14H13ClO3/c1-8(16)14-12(17)6-10(7-13(14)18)9-2-4-11(15)5-3-9/h2-5,10,17H,6-7H2,1H3. The Morgan fingerprint density at radius 3 is 2.39 bits per heavy atom. The molecule has 0 aliphatic heterocycles. The number of hydrogen-bond donors (Lipinski definition) is 1. The lowest BCUT2D eigenvalue weighted by Gasteiger charge is -2.22. The molecule has 0 saturated carbocycles. The van der Waals surface area contributed by atoms with Crippen molar-refractivity contribution < 1.29 is 14.7 Å². The molecule has 18 heavy (non-hydrogen) atoms. The molecular formula is C14H13ClO3. The molecule has 94 valence electrons. The van der Waals surface area contributed by atoms with Crippen molar-refractivity contribution in [3.8, 4) is 0 Å². The summed E-state index contributed by atoms with van der Waals surface area (Å²) in [4.78, 5) is 23.1. The zero-order chi connectivity index (χ0) is 13.3. The van der Waals surface area contributed by atoms with Gasteiger partial charge in [0.15, 0.2) is 11.6 Å². The molecule has 0 amide bonds. The molecular weight excluding hydrogens is 252 g/mol. The van der Waals surface area contributed by atoms with Gasteiger partial charge in [-0.1, -0.05) is 23.7 Å². The summed E-state index contributed by atoms with van der Waals surface area (Å²) in [7, 11) is 0. The molecule has 1 N–H and O–H groups in total. The van der Waals surface area contributed by atoms with Crippen LogP contribution in [0.1, 0.15) is 31.2 Å². The average molecular weight is 265 g/mol. The summed E-state index contributed by atoms with van der Waals surface area (Å²) in [6, 6.07) is 7.18. The van der Waals surface area contributed by atoms with Gasteiger partial charge < -0.3 is 5.11 Å². The highest BCUT2D eigenvalue weighted by Gasteiger charge is 2.30. The SMILES string of the molecule is CC(=O)C1=C(O)CC(c2ccc(Cl)cc2)CC1=O. The van der Waals surface area contributed by atoms with Crippen LogP contribution in [0.3, 0.4) is 0 Å². The van der Waals surface area contributed by atoms with Gasteiger partial charge in [-0.15, -0.1) is 0 Å². The quantitative estimate of drug-likeness (QED) is 0.835. The summed E-state index contributed by atoms with van der Waals surface area (Å²) >= 11 is 5.80. The lowest BCUT2D eigenvalue weighted by Crippen LogP contribution is -2.22. The number of carbonyl (C=O) groups is 2. The van der Waals surface area contributed by atoms with E-state index in [1.54, 1.807) is 12.1 Å². The molecule has 0 radical (unpaired) electrons. The minimum atomic E-state index is -0.368. The monoisotopic (exact) mass is 264 g/mol. The Morgan fingerprint density at radius 1 is 1.28 bits per heavy atom.